The molecule has 1 aromatic heterocycles. The molecule has 2 N–H and O–H groups in total. The largest absolute Gasteiger partial charge is 0.391 e. The Kier molecular flexibility index (Phi) is 5.51. The Labute approximate surface area is 139 Å². The minimum Gasteiger partial charge on any atom is -0.391 e. The number of fused-ring (bicyclic) bond motifs is 1. The van der Waals surface area contributed by atoms with Gasteiger partial charge in [-0.05, 0) is 34.5 Å². The van der Waals surface area contributed by atoms with Crippen LogP contribution in [0, 0.1) is 0 Å². The van der Waals surface area contributed by atoms with Gasteiger partial charge < -0.3 is 10.4 Å². The van der Waals surface area contributed by atoms with Gasteiger partial charge in [0.25, 0.3) is 0 Å². The fourth-order valence-electron chi connectivity index (χ4n) is 2.34. The maximum Gasteiger partial charge on any atom is 0.0758 e. The molecule has 1 heterocycles. The van der Waals surface area contributed by atoms with E-state index >= 15 is 0 Å². The van der Waals surface area contributed by atoms with Gasteiger partial charge in [-0.3, -0.25) is 0 Å². The van der Waals surface area contributed by atoms with Gasteiger partial charge in [-0.2, -0.15) is 0 Å². The summed E-state index contributed by atoms with van der Waals surface area (Å²) in [4.78, 5) is 1.20. The molecule has 2 aromatic carbocycles. The number of nitrogens with one attached hydrogen (secondary N) is 1. The third-order valence-electron chi connectivity index (χ3n) is 3.44. The van der Waals surface area contributed by atoms with Crippen LogP contribution in [-0.2, 0) is 6.54 Å². The molecular weight excluding hydrogens is 310 g/mol. The minimum atomic E-state index is -0.340. The second kappa shape index (κ2) is 7.79. The lowest BCUT2D eigenvalue weighted by Crippen LogP contribution is -2.28. The fourth-order valence-corrected chi connectivity index (χ4v) is 4.10. The number of hydrogen-bond acceptors (Lipinski definition) is 4. The molecule has 4 heteroatoms. The Morgan fingerprint density at radius 2 is 1.91 bits per heavy atom. The highest BCUT2D eigenvalue weighted by Crippen LogP contribution is 2.24. The molecule has 1 unspecified atom stereocenters. The summed E-state index contributed by atoms with van der Waals surface area (Å²) in [7, 11) is 0. The number of rotatable bonds is 7. The van der Waals surface area contributed by atoms with Gasteiger partial charge in [-0.1, -0.05) is 36.4 Å². The Morgan fingerprint density at radius 1 is 1.05 bits per heavy atom. The first-order valence-electron chi connectivity index (χ1n) is 7.34. The average molecular weight is 329 g/mol. The number of benzene rings is 2. The third kappa shape index (κ3) is 4.11. The molecule has 0 aliphatic rings. The monoisotopic (exact) mass is 329 g/mol. The van der Waals surface area contributed by atoms with Crippen LogP contribution in [-0.4, -0.2) is 23.5 Å². The summed E-state index contributed by atoms with van der Waals surface area (Å²) in [6.45, 7) is 1.41. The first-order chi connectivity index (χ1) is 10.8. The highest BCUT2D eigenvalue weighted by atomic mass is 32.2. The molecule has 2 nitrogen and oxygen atoms in total. The standard InChI is InChI=1S/C18H19NOS2/c20-16(13-22-17-7-2-1-3-8-17)12-19-11-15-6-4-5-14-9-10-21-18(14)15/h1-10,16,19-20H,11-13H2. The number of thioether (sulfide) groups is 1. The zero-order valence-electron chi connectivity index (χ0n) is 12.2. The van der Waals surface area contributed by atoms with Crippen LogP contribution >= 0.6 is 23.1 Å². The Balaban J connectivity index is 1.45. The van der Waals surface area contributed by atoms with E-state index in [0.29, 0.717) is 12.3 Å². The Morgan fingerprint density at radius 3 is 2.77 bits per heavy atom. The maximum absolute atomic E-state index is 10.1. The highest BCUT2D eigenvalue weighted by molar-refractivity contribution is 7.99. The third-order valence-corrected chi connectivity index (χ3v) is 5.60. The molecule has 0 aliphatic carbocycles. The lowest BCUT2D eigenvalue weighted by molar-refractivity contribution is 0.195. The molecule has 22 heavy (non-hydrogen) atoms. The first kappa shape index (κ1) is 15.6. The molecule has 0 aliphatic heterocycles. The first-order valence-corrected chi connectivity index (χ1v) is 9.21. The highest BCUT2D eigenvalue weighted by Gasteiger charge is 2.06. The molecule has 3 rings (SSSR count). The van der Waals surface area contributed by atoms with Crippen molar-refractivity contribution in [2.45, 2.75) is 17.5 Å². The smallest absolute Gasteiger partial charge is 0.0758 e. The van der Waals surface area contributed by atoms with E-state index in [1.807, 2.05) is 18.2 Å². The fraction of sp³-hybridized carbons (Fsp3) is 0.222. The van der Waals surface area contributed by atoms with E-state index in [9.17, 15) is 5.11 Å². The van der Waals surface area contributed by atoms with E-state index in [1.54, 1.807) is 23.1 Å². The maximum atomic E-state index is 10.1. The SMILES string of the molecule is OC(CNCc1cccc2ccsc12)CSc1ccccc1. The average Bonchev–Trinajstić information content (AvgIpc) is 3.03. The zero-order valence-corrected chi connectivity index (χ0v) is 13.9. The van der Waals surface area contributed by atoms with Crippen molar-refractivity contribution in [3.05, 3.63) is 65.5 Å². The van der Waals surface area contributed by atoms with Crippen molar-refractivity contribution in [3.8, 4) is 0 Å². The Hall–Kier alpha value is -1.33. The normalized spacial score (nSPS) is 12.6. The van der Waals surface area contributed by atoms with Crippen LogP contribution in [0.2, 0.25) is 0 Å². The van der Waals surface area contributed by atoms with Gasteiger partial charge in [0, 0.05) is 28.4 Å². The van der Waals surface area contributed by atoms with Gasteiger partial charge in [0.2, 0.25) is 0 Å². The van der Waals surface area contributed by atoms with E-state index in [4.69, 9.17) is 0 Å². The molecule has 3 aromatic rings. The van der Waals surface area contributed by atoms with Gasteiger partial charge in [0.15, 0.2) is 0 Å². The second-order valence-corrected chi connectivity index (χ2v) is 7.17. The minimum absolute atomic E-state index is 0.340. The molecule has 1 atom stereocenters. The van der Waals surface area contributed by atoms with Crippen LogP contribution in [0.15, 0.2) is 64.9 Å². The topological polar surface area (TPSA) is 32.3 Å². The van der Waals surface area contributed by atoms with Crippen LogP contribution < -0.4 is 5.32 Å². The lowest BCUT2D eigenvalue weighted by atomic mass is 10.1. The summed E-state index contributed by atoms with van der Waals surface area (Å²) in [6.07, 6.45) is -0.340. The van der Waals surface area contributed by atoms with Crippen LogP contribution in [0.1, 0.15) is 5.56 Å². The molecule has 0 saturated heterocycles. The molecular formula is C18H19NOS2. The molecule has 0 fully saturated rings. The number of hydrogen-bond donors (Lipinski definition) is 2. The number of aliphatic hydroxyl groups is 1. The van der Waals surface area contributed by atoms with Gasteiger partial charge in [0.1, 0.15) is 0 Å². The van der Waals surface area contributed by atoms with Crippen LogP contribution in [0.4, 0.5) is 0 Å². The second-order valence-electron chi connectivity index (χ2n) is 5.16. The van der Waals surface area contributed by atoms with E-state index in [-0.39, 0.29) is 6.10 Å². The van der Waals surface area contributed by atoms with Crippen molar-refractivity contribution < 1.29 is 5.11 Å². The molecule has 0 spiro atoms. The number of thiophene rings is 1. The van der Waals surface area contributed by atoms with Crippen LogP contribution in [0.25, 0.3) is 10.1 Å². The van der Waals surface area contributed by atoms with Crippen LogP contribution in [0.5, 0.6) is 0 Å². The quantitative estimate of drug-likeness (QED) is 0.639. The summed E-state index contributed by atoms with van der Waals surface area (Å²) in [5.74, 6) is 0.709. The summed E-state index contributed by atoms with van der Waals surface area (Å²) in [6, 6.07) is 18.7. The summed E-state index contributed by atoms with van der Waals surface area (Å²) in [5, 5.41) is 16.9. The van der Waals surface area contributed by atoms with Crippen molar-refractivity contribution in [1.29, 1.82) is 0 Å². The molecule has 114 valence electrons. The van der Waals surface area contributed by atoms with E-state index in [2.05, 4.69) is 47.1 Å². The van der Waals surface area contributed by atoms with E-state index in [0.717, 1.165) is 6.54 Å². The van der Waals surface area contributed by atoms with Gasteiger partial charge in [-0.25, -0.2) is 0 Å². The van der Waals surface area contributed by atoms with Gasteiger partial charge in [-0.15, -0.1) is 23.1 Å². The van der Waals surface area contributed by atoms with Crippen molar-refractivity contribution in [3.63, 3.8) is 0 Å². The van der Waals surface area contributed by atoms with Crippen molar-refractivity contribution in [2.75, 3.05) is 12.3 Å². The van der Waals surface area contributed by atoms with Gasteiger partial charge >= 0.3 is 0 Å². The summed E-state index contributed by atoms with van der Waals surface area (Å²) >= 11 is 3.46. The van der Waals surface area contributed by atoms with Crippen LogP contribution in [0.3, 0.4) is 0 Å². The molecule has 0 radical (unpaired) electrons. The molecule has 0 bridgehead atoms. The van der Waals surface area contributed by atoms with Crippen molar-refractivity contribution in [2.24, 2.45) is 0 Å². The lowest BCUT2D eigenvalue weighted by Gasteiger charge is -2.12. The van der Waals surface area contributed by atoms with Gasteiger partial charge in [0.05, 0.1) is 6.10 Å². The summed E-state index contributed by atoms with van der Waals surface area (Å²) < 4.78 is 1.34. The predicted octanol–water partition coefficient (Wildman–Crippen LogP) is 4.14. The van der Waals surface area contributed by atoms with E-state index in [1.165, 1.54) is 20.5 Å². The Bertz CT molecular complexity index is 711. The van der Waals surface area contributed by atoms with Crippen molar-refractivity contribution in [1.82, 2.24) is 5.32 Å². The molecule has 0 saturated carbocycles. The number of aliphatic hydroxyl groups excluding tert-OH is 1. The predicted molar refractivity (Wildman–Crippen MR) is 96.7 cm³/mol. The summed E-state index contributed by atoms with van der Waals surface area (Å²) in [5.41, 5.74) is 1.30. The molecule has 0 amide bonds. The van der Waals surface area contributed by atoms with E-state index < -0.39 is 0 Å². The van der Waals surface area contributed by atoms with Crippen molar-refractivity contribution >= 4 is 33.2 Å². The zero-order chi connectivity index (χ0) is 15.2.